The minimum Gasteiger partial charge on any atom is -0.497 e. The van der Waals surface area contributed by atoms with Gasteiger partial charge in [0.05, 0.1) is 7.11 Å². The molecule has 1 aromatic carbocycles. The van der Waals surface area contributed by atoms with E-state index in [1.807, 2.05) is 24.3 Å². The number of amides is 2. The van der Waals surface area contributed by atoms with Crippen LogP contribution in [0.15, 0.2) is 42.6 Å². The Morgan fingerprint density at radius 3 is 2.56 bits per heavy atom. The molecule has 1 fully saturated rings. The fourth-order valence-electron chi connectivity index (χ4n) is 2.80. The molecule has 2 amide bonds. The van der Waals surface area contributed by atoms with Crippen molar-refractivity contribution < 1.29 is 14.3 Å². The van der Waals surface area contributed by atoms with Gasteiger partial charge in [0.25, 0.3) is 11.8 Å². The van der Waals surface area contributed by atoms with E-state index in [4.69, 9.17) is 4.74 Å². The van der Waals surface area contributed by atoms with Crippen molar-refractivity contribution in [2.24, 2.45) is 0 Å². The average Bonchev–Trinajstić information content (AvgIpc) is 3.20. The molecule has 2 aromatic rings. The van der Waals surface area contributed by atoms with E-state index in [0.717, 1.165) is 37.2 Å². The second-order valence-corrected chi connectivity index (χ2v) is 5.96. The summed E-state index contributed by atoms with van der Waals surface area (Å²) in [5.41, 5.74) is 1.72. The molecular weight excluding hydrogens is 318 g/mol. The first-order valence-corrected chi connectivity index (χ1v) is 8.34. The van der Waals surface area contributed by atoms with Crippen molar-refractivity contribution in [3.05, 3.63) is 59.4 Å². The zero-order chi connectivity index (χ0) is 17.6. The van der Waals surface area contributed by atoms with E-state index in [2.05, 4.69) is 10.3 Å². The number of hydrogen-bond acceptors (Lipinski definition) is 4. The van der Waals surface area contributed by atoms with Gasteiger partial charge in [-0.2, -0.15) is 0 Å². The monoisotopic (exact) mass is 339 g/mol. The van der Waals surface area contributed by atoms with Crippen LogP contribution >= 0.6 is 0 Å². The van der Waals surface area contributed by atoms with Crippen LogP contribution in [0.4, 0.5) is 0 Å². The van der Waals surface area contributed by atoms with Crippen molar-refractivity contribution in [2.45, 2.75) is 19.4 Å². The number of aromatic nitrogens is 1. The van der Waals surface area contributed by atoms with Crippen molar-refractivity contribution in [3.8, 4) is 5.75 Å². The lowest BCUT2D eigenvalue weighted by Crippen LogP contribution is -2.29. The van der Waals surface area contributed by atoms with Gasteiger partial charge in [-0.25, -0.2) is 0 Å². The van der Waals surface area contributed by atoms with Gasteiger partial charge in [-0.15, -0.1) is 0 Å². The predicted octanol–water partition coefficient (Wildman–Crippen LogP) is 2.26. The molecule has 1 aliphatic rings. The number of rotatable bonds is 5. The van der Waals surface area contributed by atoms with E-state index >= 15 is 0 Å². The maximum Gasteiger partial charge on any atom is 0.272 e. The Morgan fingerprint density at radius 1 is 1.16 bits per heavy atom. The lowest BCUT2D eigenvalue weighted by atomic mass is 10.2. The van der Waals surface area contributed by atoms with Crippen LogP contribution < -0.4 is 10.1 Å². The standard InChI is InChI=1S/C19H21N3O3/c1-25-16-6-4-14(5-7-16)13-21-18(23)15-8-9-20-17(12-15)19(24)22-10-2-3-11-22/h4-9,12H,2-3,10-11,13H2,1H3,(H,21,23). The molecule has 0 saturated carbocycles. The number of nitrogens with one attached hydrogen (secondary N) is 1. The second-order valence-electron chi connectivity index (χ2n) is 5.96. The van der Waals surface area contributed by atoms with E-state index < -0.39 is 0 Å². The van der Waals surface area contributed by atoms with Crippen molar-refractivity contribution in [3.63, 3.8) is 0 Å². The summed E-state index contributed by atoms with van der Waals surface area (Å²) in [6.45, 7) is 1.92. The second kappa shape index (κ2) is 7.79. The number of carbonyl (C=O) groups is 2. The zero-order valence-corrected chi connectivity index (χ0v) is 14.2. The first-order chi connectivity index (χ1) is 12.2. The summed E-state index contributed by atoms with van der Waals surface area (Å²) < 4.78 is 5.11. The summed E-state index contributed by atoms with van der Waals surface area (Å²) in [4.78, 5) is 30.6. The van der Waals surface area contributed by atoms with Gasteiger partial charge in [0.2, 0.25) is 0 Å². The number of hydrogen-bond donors (Lipinski definition) is 1. The smallest absolute Gasteiger partial charge is 0.272 e. The summed E-state index contributed by atoms with van der Waals surface area (Å²) >= 11 is 0. The molecule has 0 aliphatic carbocycles. The maximum atomic E-state index is 12.4. The van der Waals surface area contributed by atoms with Crippen LogP contribution in [0.3, 0.4) is 0 Å². The van der Waals surface area contributed by atoms with Gasteiger partial charge in [-0.05, 0) is 42.7 Å². The van der Waals surface area contributed by atoms with Crippen LogP contribution in [0, 0.1) is 0 Å². The molecule has 0 spiro atoms. The van der Waals surface area contributed by atoms with E-state index in [0.29, 0.717) is 17.8 Å². The van der Waals surface area contributed by atoms with Crippen LogP contribution in [0.1, 0.15) is 39.3 Å². The van der Waals surface area contributed by atoms with Crippen LogP contribution in [0.25, 0.3) is 0 Å². The van der Waals surface area contributed by atoms with Gasteiger partial charge in [0, 0.05) is 31.4 Å². The van der Waals surface area contributed by atoms with Crippen molar-refractivity contribution in [1.29, 1.82) is 0 Å². The van der Waals surface area contributed by atoms with Crippen molar-refractivity contribution >= 4 is 11.8 Å². The molecule has 1 aromatic heterocycles. The topological polar surface area (TPSA) is 71.5 Å². The molecule has 1 aliphatic heterocycles. The summed E-state index contributed by atoms with van der Waals surface area (Å²) in [5, 5.41) is 2.86. The highest BCUT2D eigenvalue weighted by Gasteiger charge is 2.21. The molecular formula is C19H21N3O3. The third-order valence-corrected chi connectivity index (χ3v) is 4.25. The Hall–Kier alpha value is -2.89. The zero-order valence-electron chi connectivity index (χ0n) is 14.2. The summed E-state index contributed by atoms with van der Waals surface area (Å²) in [5.74, 6) is 0.435. The van der Waals surface area contributed by atoms with Gasteiger partial charge in [-0.1, -0.05) is 12.1 Å². The molecule has 0 bridgehead atoms. The number of benzene rings is 1. The van der Waals surface area contributed by atoms with Crippen LogP contribution in [-0.4, -0.2) is 41.9 Å². The molecule has 1 saturated heterocycles. The van der Waals surface area contributed by atoms with E-state index in [1.54, 1.807) is 24.1 Å². The molecule has 25 heavy (non-hydrogen) atoms. The minimum absolute atomic E-state index is 0.109. The van der Waals surface area contributed by atoms with Gasteiger partial charge in [0.15, 0.2) is 0 Å². The third-order valence-electron chi connectivity index (χ3n) is 4.25. The van der Waals surface area contributed by atoms with Crippen LogP contribution in [-0.2, 0) is 6.54 Å². The Bertz CT molecular complexity index is 753. The van der Waals surface area contributed by atoms with Gasteiger partial charge < -0.3 is 15.0 Å². The van der Waals surface area contributed by atoms with Gasteiger partial charge >= 0.3 is 0 Å². The highest BCUT2D eigenvalue weighted by Crippen LogP contribution is 2.13. The quantitative estimate of drug-likeness (QED) is 0.907. The largest absolute Gasteiger partial charge is 0.497 e. The Morgan fingerprint density at radius 2 is 1.88 bits per heavy atom. The first-order valence-electron chi connectivity index (χ1n) is 8.34. The maximum absolute atomic E-state index is 12.4. The highest BCUT2D eigenvalue weighted by molar-refractivity contribution is 5.98. The number of methoxy groups -OCH3 is 1. The Labute approximate surface area is 146 Å². The SMILES string of the molecule is COc1ccc(CNC(=O)c2ccnc(C(=O)N3CCCC3)c2)cc1. The number of nitrogens with zero attached hydrogens (tertiary/aromatic N) is 2. The molecule has 0 atom stereocenters. The summed E-state index contributed by atoms with van der Waals surface area (Å²) in [6.07, 6.45) is 3.55. The predicted molar refractivity (Wildman–Crippen MR) is 93.5 cm³/mol. The molecule has 6 heteroatoms. The minimum atomic E-state index is -0.228. The van der Waals surface area contributed by atoms with Crippen LogP contribution in [0.2, 0.25) is 0 Å². The van der Waals surface area contributed by atoms with Gasteiger partial charge in [0.1, 0.15) is 11.4 Å². The summed E-state index contributed by atoms with van der Waals surface area (Å²) in [7, 11) is 1.61. The molecule has 3 rings (SSSR count). The van der Waals surface area contributed by atoms with E-state index in [-0.39, 0.29) is 11.8 Å². The first kappa shape index (κ1) is 17.0. The highest BCUT2D eigenvalue weighted by atomic mass is 16.5. The molecule has 0 radical (unpaired) electrons. The third kappa shape index (κ3) is 4.15. The Balaban J connectivity index is 1.63. The molecule has 0 unspecified atom stereocenters. The normalized spacial score (nSPS) is 13.6. The lowest BCUT2D eigenvalue weighted by Gasteiger charge is -2.14. The number of pyridine rings is 1. The van der Waals surface area contributed by atoms with E-state index in [9.17, 15) is 9.59 Å². The average molecular weight is 339 g/mol. The molecule has 130 valence electrons. The van der Waals surface area contributed by atoms with Gasteiger partial charge in [-0.3, -0.25) is 14.6 Å². The lowest BCUT2D eigenvalue weighted by molar-refractivity contribution is 0.0787. The van der Waals surface area contributed by atoms with E-state index in [1.165, 1.54) is 6.20 Å². The number of carbonyl (C=O) groups excluding carboxylic acids is 2. The van der Waals surface area contributed by atoms with Crippen molar-refractivity contribution in [2.75, 3.05) is 20.2 Å². The fourth-order valence-corrected chi connectivity index (χ4v) is 2.80. The molecule has 1 N–H and O–H groups in total. The number of likely N-dealkylation sites (tertiary alicyclic amines) is 1. The van der Waals surface area contributed by atoms with Crippen LogP contribution in [0.5, 0.6) is 5.75 Å². The molecule has 2 heterocycles. The van der Waals surface area contributed by atoms with Crippen molar-refractivity contribution in [1.82, 2.24) is 15.2 Å². The number of ether oxygens (including phenoxy) is 1. The fraction of sp³-hybridized carbons (Fsp3) is 0.316. The summed E-state index contributed by atoms with van der Waals surface area (Å²) in [6, 6.07) is 10.7. The Kier molecular flexibility index (Phi) is 5.28. The molecule has 6 nitrogen and oxygen atoms in total.